The Balaban J connectivity index is 1.67. The van der Waals surface area contributed by atoms with Gasteiger partial charge in [-0.15, -0.1) is 0 Å². The van der Waals surface area contributed by atoms with E-state index in [-0.39, 0.29) is 18.4 Å². The van der Waals surface area contributed by atoms with Gasteiger partial charge in [0.25, 0.3) is 0 Å². The fraction of sp³-hybridized carbons (Fsp3) is 0.682. The largest absolute Gasteiger partial charge is 0.395 e. The summed E-state index contributed by atoms with van der Waals surface area (Å²) in [6.45, 7) is 8.05. The van der Waals surface area contributed by atoms with E-state index in [1.165, 1.54) is 5.56 Å². The molecule has 1 saturated carbocycles. The summed E-state index contributed by atoms with van der Waals surface area (Å²) in [6.07, 6.45) is 1.83. The molecule has 5 nitrogen and oxygen atoms in total. The molecular formula is C22H33N3O2. The van der Waals surface area contributed by atoms with Gasteiger partial charge < -0.3 is 15.7 Å². The third kappa shape index (κ3) is 3.30. The Kier molecular flexibility index (Phi) is 5.28. The van der Waals surface area contributed by atoms with Crippen molar-refractivity contribution in [1.29, 1.82) is 0 Å². The second kappa shape index (κ2) is 7.53. The Labute approximate surface area is 162 Å². The molecule has 3 heterocycles. The summed E-state index contributed by atoms with van der Waals surface area (Å²) >= 11 is 0. The lowest BCUT2D eigenvalue weighted by Gasteiger charge is -2.56. The molecule has 0 spiro atoms. The summed E-state index contributed by atoms with van der Waals surface area (Å²) in [6, 6.07) is 11.1. The van der Waals surface area contributed by atoms with Gasteiger partial charge in [-0.3, -0.25) is 9.69 Å². The van der Waals surface area contributed by atoms with E-state index in [2.05, 4.69) is 59.7 Å². The molecule has 5 heteroatoms. The molecule has 3 saturated heterocycles. The molecule has 1 aliphatic carbocycles. The Bertz CT molecular complexity index is 665. The minimum absolute atomic E-state index is 0.0138. The number of piperidine rings is 2. The van der Waals surface area contributed by atoms with E-state index in [1.807, 2.05) is 0 Å². The Hall–Kier alpha value is -1.43. The highest BCUT2D eigenvalue weighted by atomic mass is 16.3. The lowest BCUT2D eigenvalue weighted by atomic mass is 9.58. The lowest BCUT2D eigenvalue weighted by Crippen LogP contribution is -2.74. The molecular weight excluding hydrogens is 338 g/mol. The average Bonchev–Trinajstić information content (AvgIpc) is 2.95. The normalized spacial score (nSPS) is 35.0. The Morgan fingerprint density at radius 2 is 2.15 bits per heavy atom. The third-order valence-electron chi connectivity index (χ3n) is 6.92. The van der Waals surface area contributed by atoms with Crippen LogP contribution in [0.15, 0.2) is 30.3 Å². The highest BCUT2D eigenvalue weighted by Gasteiger charge is 2.64. The number of aliphatic hydroxyl groups excluding tert-OH is 1. The number of hydrogen-bond acceptors (Lipinski definition) is 4. The van der Waals surface area contributed by atoms with E-state index >= 15 is 0 Å². The SMILES string of the molecule is CC(C)CN1CC2CC3(C(=O)NCCO)NCC2C1C3Cc1ccccc1. The number of fused-ring (bicyclic) bond motifs is 1. The predicted octanol–water partition coefficient (Wildman–Crippen LogP) is 1.27. The Morgan fingerprint density at radius 1 is 1.37 bits per heavy atom. The van der Waals surface area contributed by atoms with Gasteiger partial charge in [0.2, 0.25) is 5.91 Å². The number of amides is 1. The molecule has 5 rings (SSSR count). The van der Waals surface area contributed by atoms with Crippen LogP contribution in [-0.2, 0) is 11.2 Å². The first-order valence-corrected chi connectivity index (χ1v) is 10.5. The van der Waals surface area contributed by atoms with Crippen molar-refractivity contribution in [3.8, 4) is 0 Å². The first-order chi connectivity index (χ1) is 13.0. The topological polar surface area (TPSA) is 64.6 Å². The zero-order valence-electron chi connectivity index (χ0n) is 16.5. The first-order valence-electron chi connectivity index (χ1n) is 10.5. The molecule has 5 atom stereocenters. The summed E-state index contributed by atoms with van der Waals surface area (Å²) in [4.78, 5) is 16.0. The van der Waals surface area contributed by atoms with Gasteiger partial charge in [-0.25, -0.2) is 0 Å². The van der Waals surface area contributed by atoms with Crippen LogP contribution in [0, 0.1) is 23.7 Å². The minimum atomic E-state index is -0.513. The van der Waals surface area contributed by atoms with Gasteiger partial charge in [0.05, 0.1) is 6.61 Å². The number of carbonyl (C=O) groups is 1. The molecule has 1 amide bonds. The van der Waals surface area contributed by atoms with Crippen molar-refractivity contribution in [3.05, 3.63) is 35.9 Å². The second-order valence-electron chi connectivity index (χ2n) is 9.09. The van der Waals surface area contributed by atoms with Crippen LogP contribution in [0.1, 0.15) is 25.8 Å². The number of carbonyl (C=O) groups excluding carboxylic acids is 1. The maximum atomic E-state index is 13.3. The van der Waals surface area contributed by atoms with Crippen LogP contribution in [0.5, 0.6) is 0 Å². The summed E-state index contributed by atoms with van der Waals surface area (Å²) in [5.41, 5.74) is 0.792. The zero-order chi connectivity index (χ0) is 19.0. The molecule has 148 valence electrons. The third-order valence-corrected chi connectivity index (χ3v) is 6.92. The molecule has 4 fully saturated rings. The van der Waals surface area contributed by atoms with Crippen molar-refractivity contribution < 1.29 is 9.90 Å². The van der Waals surface area contributed by atoms with Gasteiger partial charge in [-0.2, -0.15) is 0 Å². The fourth-order valence-corrected chi connectivity index (χ4v) is 6.02. The van der Waals surface area contributed by atoms with Crippen molar-refractivity contribution >= 4 is 5.91 Å². The maximum Gasteiger partial charge on any atom is 0.240 e. The standard InChI is InChI=1S/C22H33N3O2/c1-15(2)13-25-14-17-11-22(21(27)23-8-9-26)19(20(25)18(17)12-24-22)10-16-6-4-3-5-7-16/h3-7,15,17-20,24,26H,8-14H2,1-2H3,(H,23,27). The fourth-order valence-electron chi connectivity index (χ4n) is 6.02. The van der Waals surface area contributed by atoms with Gasteiger partial charge in [-0.05, 0) is 36.2 Å². The first kappa shape index (κ1) is 18.9. The number of nitrogens with one attached hydrogen (secondary N) is 2. The van der Waals surface area contributed by atoms with Crippen molar-refractivity contribution in [2.45, 2.75) is 38.3 Å². The van der Waals surface area contributed by atoms with Gasteiger partial charge in [0.1, 0.15) is 5.54 Å². The summed E-state index contributed by atoms with van der Waals surface area (Å²) in [7, 11) is 0. The van der Waals surface area contributed by atoms with E-state index in [4.69, 9.17) is 0 Å². The number of nitrogens with zero attached hydrogens (tertiary/aromatic N) is 1. The monoisotopic (exact) mass is 371 g/mol. The highest BCUT2D eigenvalue weighted by molar-refractivity contribution is 5.87. The molecule has 0 aromatic heterocycles. The van der Waals surface area contributed by atoms with Gasteiger partial charge >= 0.3 is 0 Å². The van der Waals surface area contributed by atoms with E-state index < -0.39 is 5.54 Å². The molecule has 3 N–H and O–H groups in total. The van der Waals surface area contributed by atoms with Crippen LogP contribution in [0.4, 0.5) is 0 Å². The van der Waals surface area contributed by atoms with Gasteiger partial charge in [0.15, 0.2) is 0 Å². The summed E-state index contributed by atoms with van der Waals surface area (Å²) in [5.74, 6) is 2.21. The number of benzene rings is 1. The molecule has 27 heavy (non-hydrogen) atoms. The van der Waals surface area contributed by atoms with E-state index in [0.29, 0.717) is 30.3 Å². The van der Waals surface area contributed by atoms with E-state index in [1.54, 1.807) is 0 Å². The second-order valence-corrected chi connectivity index (χ2v) is 9.09. The van der Waals surface area contributed by atoms with Crippen LogP contribution in [-0.4, -0.2) is 60.3 Å². The number of aliphatic hydroxyl groups is 1. The van der Waals surface area contributed by atoms with Crippen molar-refractivity contribution in [1.82, 2.24) is 15.5 Å². The van der Waals surface area contributed by atoms with Crippen molar-refractivity contribution in [3.63, 3.8) is 0 Å². The van der Waals surface area contributed by atoms with Crippen LogP contribution < -0.4 is 10.6 Å². The van der Waals surface area contributed by atoms with Gasteiger partial charge in [-0.1, -0.05) is 44.2 Å². The lowest BCUT2D eigenvalue weighted by molar-refractivity contribution is -0.138. The number of rotatable bonds is 7. The zero-order valence-corrected chi connectivity index (χ0v) is 16.5. The molecule has 0 radical (unpaired) electrons. The number of hydrogen-bond donors (Lipinski definition) is 3. The number of likely N-dealkylation sites (tertiary alicyclic amines) is 1. The molecule has 1 aromatic rings. The van der Waals surface area contributed by atoms with E-state index in [0.717, 1.165) is 32.5 Å². The van der Waals surface area contributed by atoms with Crippen LogP contribution in [0.2, 0.25) is 0 Å². The molecule has 5 unspecified atom stereocenters. The van der Waals surface area contributed by atoms with Crippen molar-refractivity contribution in [2.75, 3.05) is 32.8 Å². The maximum absolute atomic E-state index is 13.3. The average molecular weight is 372 g/mol. The molecule has 4 aliphatic rings. The quantitative estimate of drug-likeness (QED) is 0.675. The highest BCUT2D eigenvalue weighted by Crippen LogP contribution is 2.52. The molecule has 4 bridgehead atoms. The van der Waals surface area contributed by atoms with Crippen LogP contribution in [0.25, 0.3) is 0 Å². The van der Waals surface area contributed by atoms with Crippen LogP contribution in [0.3, 0.4) is 0 Å². The van der Waals surface area contributed by atoms with E-state index in [9.17, 15) is 9.90 Å². The smallest absolute Gasteiger partial charge is 0.240 e. The minimum Gasteiger partial charge on any atom is -0.395 e. The van der Waals surface area contributed by atoms with Crippen LogP contribution >= 0.6 is 0 Å². The Morgan fingerprint density at radius 3 is 2.85 bits per heavy atom. The summed E-state index contributed by atoms with van der Waals surface area (Å²) in [5, 5.41) is 15.8. The van der Waals surface area contributed by atoms with Gasteiger partial charge in [0, 0.05) is 38.1 Å². The molecule has 3 aliphatic heterocycles. The molecule has 1 aromatic carbocycles. The predicted molar refractivity (Wildman–Crippen MR) is 106 cm³/mol. The van der Waals surface area contributed by atoms with Crippen molar-refractivity contribution in [2.24, 2.45) is 23.7 Å². The summed E-state index contributed by atoms with van der Waals surface area (Å²) < 4.78 is 0.